The van der Waals surface area contributed by atoms with Crippen LogP contribution in [-0.2, 0) is 15.0 Å². The predicted molar refractivity (Wildman–Crippen MR) is 47.1 cm³/mol. The summed E-state index contributed by atoms with van der Waals surface area (Å²) in [7, 11) is -3.44. The molecule has 0 radical (unpaired) electrons. The molecule has 7 nitrogen and oxygen atoms in total. The van der Waals surface area contributed by atoms with Gasteiger partial charge in [-0.25, -0.2) is 9.10 Å². The molecule has 1 aliphatic heterocycles. The minimum absolute atomic E-state index is 0.304. The Kier molecular flexibility index (Phi) is 3.29. The Balaban J connectivity index is 2.64. The summed E-state index contributed by atoms with van der Waals surface area (Å²) in [5.74, 6) is 0. The molecule has 0 aromatic rings. The summed E-state index contributed by atoms with van der Waals surface area (Å²) in [6.45, 7) is 1.42. The Morgan fingerprint density at radius 2 is 1.93 bits per heavy atom. The highest BCUT2D eigenvalue weighted by Gasteiger charge is 2.26. The molecule has 0 atom stereocenters. The summed E-state index contributed by atoms with van der Waals surface area (Å²) in [6, 6.07) is -0.740. The lowest BCUT2D eigenvalue weighted by Gasteiger charge is -2.29. The van der Waals surface area contributed by atoms with Crippen LogP contribution in [0.15, 0.2) is 0 Å². The van der Waals surface area contributed by atoms with Gasteiger partial charge in [0.2, 0.25) is 0 Å². The van der Waals surface area contributed by atoms with Crippen molar-refractivity contribution in [3.63, 3.8) is 0 Å². The predicted octanol–water partition coefficient (Wildman–Crippen LogP) is -0.827. The zero-order valence-corrected chi connectivity index (χ0v) is 8.53. The summed E-state index contributed by atoms with van der Waals surface area (Å²) < 4.78 is 35.1. The van der Waals surface area contributed by atoms with E-state index in [9.17, 15) is 13.2 Å². The summed E-state index contributed by atoms with van der Waals surface area (Å²) in [4.78, 5) is 12.7. The molecule has 0 bridgehead atoms. The van der Waals surface area contributed by atoms with E-state index in [2.05, 4.69) is 0 Å². The first-order valence-corrected chi connectivity index (χ1v) is 5.40. The molecule has 8 heteroatoms. The standard InChI is InChI=1S/C6H12N2O5S/c1-7(14(10,11)12)6(9)8-2-4-13-5-3-8/h2-5H2,1H3,(H,10,11,12). The highest BCUT2D eigenvalue weighted by Crippen LogP contribution is 2.04. The fourth-order valence-corrected chi connectivity index (χ4v) is 1.37. The van der Waals surface area contributed by atoms with Gasteiger partial charge >= 0.3 is 16.3 Å². The second-order valence-electron chi connectivity index (χ2n) is 2.83. The van der Waals surface area contributed by atoms with E-state index < -0.39 is 16.3 Å². The number of urea groups is 1. The van der Waals surface area contributed by atoms with E-state index >= 15 is 0 Å². The van der Waals surface area contributed by atoms with Crippen LogP contribution in [0.1, 0.15) is 0 Å². The fraction of sp³-hybridized carbons (Fsp3) is 0.833. The highest BCUT2D eigenvalue weighted by molar-refractivity contribution is 7.83. The normalized spacial score (nSPS) is 18.0. The number of amides is 2. The van der Waals surface area contributed by atoms with Crippen LogP contribution in [0.4, 0.5) is 4.79 Å². The highest BCUT2D eigenvalue weighted by atomic mass is 32.2. The summed E-state index contributed by atoms with van der Waals surface area (Å²) in [5, 5.41) is 0. The van der Waals surface area contributed by atoms with Crippen molar-refractivity contribution in [1.82, 2.24) is 9.21 Å². The first kappa shape index (κ1) is 11.2. The van der Waals surface area contributed by atoms with Crippen molar-refractivity contribution >= 4 is 16.3 Å². The van der Waals surface area contributed by atoms with Crippen molar-refractivity contribution in [3.8, 4) is 0 Å². The van der Waals surface area contributed by atoms with E-state index in [1.54, 1.807) is 0 Å². The number of carbonyl (C=O) groups excluding carboxylic acids is 1. The van der Waals surface area contributed by atoms with Crippen LogP contribution >= 0.6 is 0 Å². The molecule has 0 spiro atoms. The number of ether oxygens (including phenoxy) is 1. The Morgan fingerprint density at radius 3 is 2.36 bits per heavy atom. The van der Waals surface area contributed by atoms with Crippen molar-refractivity contribution in [3.05, 3.63) is 0 Å². The maximum atomic E-state index is 11.4. The molecule has 1 N–H and O–H groups in total. The smallest absolute Gasteiger partial charge is 0.363 e. The van der Waals surface area contributed by atoms with Crippen LogP contribution < -0.4 is 0 Å². The Morgan fingerprint density at radius 1 is 1.43 bits per heavy atom. The topological polar surface area (TPSA) is 87.2 Å². The zero-order chi connectivity index (χ0) is 10.8. The van der Waals surface area contributed by atoms with Crippen LogP contribution in [0.2, 0.25) is 0 Å². The monoisotopic (exact) mass is 224 g/mol. The summed E-state index contributed by atoms with van der Waals surface area (Å²) in [6.07, 6.45) is 0. The minimum atomic E-state index is -4.45. The van der Waals surface area contributed by atoms with Crippen LogP contribution in [0.3, 0.4) is 0 Å². The maximum absolute atomic E-state index is 11.4. The van der Waals surface area contributed by atoms with Crippen LogP contribution in [-0.4, -0.2) is 61.6 Å². The van der Waals surface area contributed by atoms with Gasteiger partial charge in [-0.1, -0.05) is 0 Å². The third kappa shape index (κ3) is 2.56. The molecule has 0 aromatic carbocycles. The molecule has 1 saturated heterocycles. The van der Waals surface area contributed by atoms with Gasteiger partial charge in [0.15, 0.2) is 0 Å². The molecule has 14 heavy (non-hydrogen) atoms. The van der Waals surface area contributed by atoms with Gasteiger partial charge in [0.25, 0.3) is 0 Å². The first-order valence-electron chi connectivity index (χ1n) is 4.01. The molecule has 0 saturated carbocycles. The second kappa shape index (κ2) is 4.11. The quantitative estimate of drug-likeness (QED) is 0.587. The molecule has 1 rings (SSSR count). The first-order chi connectivity index (χ1) is 6.43. The maximum Gasteiger partial charge on any atom is 0.363 e. The van der Waals surface area contributed by atoms with Crippen molar-refractivity contribution in [2.24, 2.45) is 0 Å². The molecular weight excluding hydrogens is 212 g/mol. The van der Waals surface area contributed by atoms with Crippen LogP contribution in [0.5, 0.6) is 0 Å². The second-order valence-corrected chi connectivity index (χ2v) is 4.27. The van der Waals surface area contributed by atoms with E-state index in [0.29, 0.717) is 30.6 Å². The van der Waals surface area contributed by atoms with Crippen molar-refractivity contribution in [2.45, 2.75) is 0 Å². The van der Waals surface area contributed by atoms with E-state index in [0.717, 1.165) is 7.05 Å². The van der Waals surface area contributed by atoms with E-state index in [-0.39, 0.29) is 0 Å². The summed E-state index contributed by atoms with van der Waals surface area (Å²) in [5.41, 5.74) is 0. The van der Waals surface area contributed by atoms with E-state index in [1.165, 1.54) is 4.90 Å². The van der Waals surface area contributed by atoms with Gasteiger partial charge in [-0.15, -0.1) is 0 Å². The Labute approximate surface area is 82.1 Å². The molecule has 1 fully saturated rings. The minimum Gasteiger partial charge on any atom is -0.378 e. The zero-order valence-electron chi connectivity index (χ0n) is 7.71. The fourth-order valence-electron chi connectivity index (χ4n) is 1.05. The van der Waals surface area contributed by atoms with Crippen molar-refractivity contribution < 1.29 is 22.5 Å². The molecule has 0 unspecified atom stereocenters. The number of carbonyl (C=O) groups is 1. The number of hydrogen-bond acceptors (Lipinski definition) is 4. The van der Waals surface area contributed by atoms with E-state index in [4.69, 9.17) is 9.29 Å². The van der Waals surface area contributed by atoms with Crippen molar-refractivity contribution in [2.75, 3.05) is 33.4 Å². The van der Waals surface area contributed by atoms with Gasteiger partial charge in [0.1, 0.15) is 0 Å². The SMILES string of the molecule is CN(C(=O)N1CCOCC1)S(=O)(=O)O. The molecule has 1 heterocycles. The van der Waals surface area contributed by atoms with Gasteiger partial charge in [-0.2, -0.15) is 8.42 Å². The number of morpholine rings is 1. The van der Waals surface area contributed by atoms with Gasteiger partial charge < -0.3 is 9.64 Å². The van der Waals surface area contributed by atoms with E-state index in [1.807, 2.05) is 0 Å². The van der Waals surface area contributed by atoms with Gasteiger partial charge in [-0.05, 0) is 0 Å². The third-order valence-corrected chi connectivity index (χ3v) is 2.75. The molecule has 82 valence electrons. The van der Waals surface area contributed by atoms with Crippen LogP contribution in [0, 0.1) is 0 Å². The molecular formula is C6H12N2O5S. The third-order valence-electron chi connectivity index (χ3n) is 1.90. The number of hydrogen-bond donors (Lipinski definition) is 1. The molecule has 0 aromatic heterocycles. The van der Waals surface area contributed by atoms with Crippen LogP contribution in [0.25, 0.3) is 0 Å². The number of rotatable bonds is 1. The van der Waals surface area contributed by atoms with Gasteiger partial charge in [0.05, 0.1) is 13.2 Å². The summed E-state index contributed by atoms with van der Waals surface area (Å²) >= 11 is 0. The van der Waals surface area contributed by atoms with Gasteiger partial charge in [-0.3, -0.25) is 4.55 Å². The average molecular weight is 224 g/mol. The molecule has 2 amide bonds. The average Bonchev–Trinajstić information content (AvgIpc) is 2.15. The lowest BCUT2D eigenvalue weighted by atomic mass is 10.4. The molecule has 0 aliphatic carbocycles. The largest absolute Gasteiger partial charge is 0.378 e. The molecule has 1 aliphatic rings. The lowest BCUT2D eigenvalue weighted by molar-refractivity contribution is 0.0493. The number of nitrogens with zero attached hydrogens (tertiary/aromatic N) is 2. The Bertz CT molecular complexity index is 308. The van der Waals surface area contributed by atoms with Crippen molar-refractivity contribution in [1.29, 1.82) is 0 Å². The lowest BCUT2D eigenvalue weighted by Crippen LogP contribution is -2.48. The Hall–Kier alpha value is -0.860. The van der Waals surface area contributed by atoms with Gasteiger partial charge in [0, 0.05) is 20.1 Å².